The molecule has 0 saturated heterocycles. The van der Waals surface area contributed by atoms with Gasteiger partial charge in [0, 0.05) is 19.3 Å². The number of rotatable bonds is 1. The van der Waals surface area contributed by atoms with E-state index in [1.165, 1.54) is 0 Å². The Morgan fingerprint density at radius 1 is 1.35 bits per heavy atom. The van der Waals surface area contributed by atoms with Gasteiger partial charge in [-0.15, -0.1) is 0 Å². The molecule has 92 valence electrons. The van der Waals surface area contributed by atoms with Gasteiger partial charge in [0.15, 0.2) is 0 Å². The highest BCUT2D eigenvalue weighted by Gasteiger charge is 2.22. The van der Waals surface area contributed by atoms with Gasteiger partial charge in [-0.2, -0.15) is 0 Å². The van der Waals surface area contributed by atoms with E-state index in [2.05, 4.69) is 52.7 Å². The number of nitrogens with zero attached hydrogens (tertiary/aromatic N) is 2. The molecule has 0 atom stereocenters. The lowest BCUT2D eigenvalue weighted by atomic mass is 9.83. The summed E-state index contributed by atoms with van der Waals surface area (Å²) in [4.78, 5) is 6.76. The predicted molar refractivity (Wildman–Crippen MR) is 76.3 cm³/mol. The summed E-state index contributed by atoms with van der Waals surface area (Å²) in [5, 5.41) is 0. The standard InChI is InChI=1S/C14H19BrN2/c1-14(2,3)11-6-9-17(10-7-11)13-12(15)5-4-8-16-13/h4-6,8H,7,9-10H2,1-3H3. The lowest BCUT2D eigenvalue weighted by Gasteiger charge is -2.33. The van der Waals surface area contributed by atoms with E-state index in [4.69, 9.17) is 0 Å². The van der Waals surface area contributed by atoms with Gasteiger partial charge >= 0.3 is 0 Å². The Kier molecular flexibility index (Phi) is 3.57. The largest absolute Gasteiger partial charge is 0.352 e. The van der Waals surface area contributed by atoms with Crippen LogP contribution in [0.4, 0.5) is 5.82 Å². The highest BCUT2D eigenvalue weighted by molar-refractivity contribution is 9.10. The van der Waals surface area contributed by atoms with E-state index in [0.717, 1.165) is 29.8 Å². The zero-order chi connectivity index (χ0) is 12.5. The third-order valence-electron chi connectivity index (χ3n) is 3.21. The van der Waals surface area contributed by atoms with Crippen molar-refractivity contribution in [3.8, 4) is 0 Å². The lowest BCUT2D eigenvalue weighted by molar-refractivity contribution is 0.472. The summed E-state index contributed by atoms with van der Waals surface area (Å²) < 4.78 is 1.08. The van der Waals surface area contributed by atoms with Crippen LogP contribution in [0.3, 0.4) is 0 Å². The summed E-state index contributed by atoms with van der Waals surface area (Å²) >= 11 is 3.56. The maximum Gasteiger partial charge on any atom is 0.143 e. The zero-order valence-electron chi connectivity index (χ0n) is 10.7. The van der Waals surface area contributed by atoms with E-state index in [9.17, 15) is 0 Å². The molecule has 1 aliphatic rings. The topological polar surface area (TPSA) is 16.1 Å². The molecule has 2 rings (SSSR count). The number of hydrogen-bond acceptors (Lipinski definition) is 2. The molecule has 1 aliphatic heterocycles. The Hall–Kier alpha value is -0.830. The van der Waals surface area contributed by atoms with Crippen LogP contribution in [0, 0.1) is 5.41 Å². The summed E-state index contributed by atoms with van der Waals surface area (Å²) in [5.74, 6) is 1.05. The van der Waals surface area contributed by atoms with Crippen LogP contribution in [0.1, 0.15) is 27.2 Å². The van der Waals surface area contributed by atoms with Crippen molar-refractivity contribution in [1.29, 1.82) is 0 Å². The van der Waals surface area contributed by atoms with Gasteiger partial charge in [0.25, 0.3) is 0 Å². The quantitative estimate of drug-likeness (QED) is 0.727. The molecule has 1 aromatic rings. The van der Waals surface area contributed by atoms with Crippen molar-refractivity contribution >= 4 is 21.7 Å². The Morgan fingerprint density at radius 3 is 2.65 bits per heavy atom. The molecule has 0 amide bonds. The van der Waals surface area contributed by atoms with Crippen LogP contribution < -0.4 is 4.90 Å². The summed E-state index contributed by atoms with van der Waals surface area (Å²) in [6.07, 6.45) is 5.33. The van der Waals surface area contributed by atoms with Crippen LogP contribution in [-0.2, 0) is 0 Å². The van der Waals surface area contributed by atoms with Crippen molar-refractivity contribution in [2.75, 3.05) is 18.0 Å². The molecule has 0 saturated carbocycles. The number of hydrogen-bond donors (Lipinski definition) is 0. The maximum atomic E-state index is 4.44. The second-order valence-electron chi connectivity index (χ2n) is 5.48. The van der Waals surface area contributed by atoms with Crippen LogP contribution >= 0.6 is 15.9 Å². The van der Waals surface area contributed by atoms with Gasteiger partial charge in [0.2, 0.25) is 0 Å². The molecule has 3 heteroatoms. The van der Waals surface area contributed by atoms with Crippen molar-refractivity contribution in [3.63, 3.8) is 0 Å². The van der Waals surface area contributed by atoms with E-state index in [0.29, 0.717) is 5.41 Å². The second-order valence-corrected chi connectivity index (χ2v) is 6.34. The van der Waals surface area contributed by atoms with Crippen LogP contribution in [0.2, 0.25) is 0 Å². The van der Waals surface area contributed by atoms with Gasteiger partial charge in [-0.1, -0.05) is 32.4 Å². The molecule has 2 heterocycles. The molecule has 0 bridgehead atoms. The van der Waals surface area contributed by atoms with E-state index in [1.54, 1.807) is 5.57 Å². The van der Waals surface area contributed by atoms with Crippen LogP contribution in [0.5, 0.6) is 0 Å². The second kappa shape index (κ2) is 4.81. The lowest BCUT2D eigenvalue weighted by Crippen LogP contribution is -2.32. The SMILES string of the molecule is CC(C)(C)C1=CCN(c2ncccc2Br)CC1. The fourth-order valence-corrected chi connectivity index (χ4v) is 2.66. The van der Waals surface area contributed by atoms with Gasteiger partial charge in [-0.3, -0.25) is 0 Å². The molecule has 0 spiro atoms. The molecule has 0 fully saturated rings. The molecule has 0 aromatic carbocycles. The monoisotopic (exact) mass is 294 g/mol. The number of aromatic nitrogens is 1. The molecule has 0 aliphatic carbocycles. The van der Waals surface area contributed by atoms with E-state index in [-0.39, 0.29) is 0 Å². The number of halogens is 1. The van der Waals surface area contributed by atoms with Gasteiger partial charge in [0.05, 0.1) is 4.47 Å². The maximum absolute atomic E-state index is 4.44. The highest BCUT2D eigenvalue weighted by atomic mass is 79.9. The first-order chi connectivity index (χ1) is 7.98. The Bertz CT molecular complexity index is 432. The van der Waals surface area contributed by atoms with Gasteiger partial charge < -0.3 is 4.90 Å². The Labute approximate surface area is 112 Å². The van der Waals surface area contributed by atoms with Crippen molar-refractivity contribution in [2.45, 2.75) is 27.2 Å². The van der Waals surface area contributed by atoms with Crippen molar-refractivity contribution in [2.24, 2.45) is 5.41 Å². The van der Waals surface area contributed by atoms with Crippen LogP contribution in [0.25, 0.3) is 0 Å². The molecule has 0 unspecified atom stereocenters. The fourth-order valence-electron chi connectivity index (χ4n) is 2.15. The first-order valence-corrected chi connectivity index (χ1v) is 6.83. The summed E-state index contributed by atoms with van der Waals surface area (Å²) in [6.45, 7) is 8.86. The molecule has 0 radical (unpaired) electrons. The first-order valence-electron chi connectivity index (χ1n) is 6.03. The van der Waals surface area contributed by atoms with Gasteiger partial charge in [-0.05, 0) is 39.9 Å². The molecule has 1 aromatic heterocycles. The minimum Gasteiger partial charge on any atom is -0.352 e. The molecular weight excluding hydrogens is 276 g/mol. The van der Waals surface area contributed by atoms with Crippen LogP contribution in [-0.4, -0.2) is 18.1 Å². The summed E-state index contributed by atoms with van der Waals surface area (Å²) in [7, 11) is 0. The average Bonchev–Trinajstić information content (AvgIpc) is 2.29. The third-order valence-corrected chi connectivity index (χ3v) is 3.83. The smallest absolute Gasteiger partial charge is 0.143 e. The minimum atomic E-state index is 0.299. The Morgan fingerprint density at radius 2 is 2.12 bits per heavy atom. The normalized spacial score (nSPS) is 16.9. The average molecular weight is 295 g/mol. The molecule has 2 nitrogen and oxygen atoms in total. The highest BCUT2D eigenvalue weighted by Crippen LogP contribution is 2.32. The van der Waals surface area contributed by atoms with E-state index >= 15 is 0 Å². The summed E-state index contributed by atoms with van der Waals surface area (Å²) in [6, 6.07) is 4.00. The summed E-state index contributed by atoms with van der Waals surface area (Å²) in [5.41, 5.74) is 1.86. The minimum absolute atomic E-state index is 0.299. The van der Waals surface area contributed by atoms with Crippen molar-refractivity contribution in [3.05, 3.63) is 34.5 Å². The molecule has 17 heavy (non-hydrogen) atoms. The van der Waals surface area contributed by atoms with Crippen molar-refractivity contribution < 1.29 is 0 Å². The molecular formula is C14H19BrN2. The molecule has 0 N–H and O–H groups in total. The fraction of sp³-hybridized carbons (Fsp3) is 0.500. The van der Waals surface area contributed by atoms with E-state index < -0.39 is 0 Å². The predicted octanol–water partition coefficient (Wildman–Crippen LogP) is 4.03. The van der Waals surface area contributed by atoms with Crippen molar-refractivity contribution in [1.82, 2.24) is 4.98 Å². The van der Waals surface area contributed by atoms with Gasteiger partial charge in [-0.25, -0.2) is 4.98 Å². The zero-order valence-corrected chi connectivity index (χ0v) is 12.3. The van der Waals surface area contributed by atoms with Gasteiger partial charge in [0.1, 0.15) is 5.82 Å². The number of pyridine rings is 1. The Balaban J connectivity index is 2.15. The third kappa shape index (κ3) is 2.89. The first kappa shape index (κ1) is 12.6. The number of anilines is 1. The van der Waals surface area contributed by atoms with Crippen LogP contribution in [0.15, 0.2) is 34.5 Å². The van der Waals surface area contributed by atoms with E-state index in [1.807, 2.05) is 18.3 Å².